The molecule has 0 saturated carbocycles. The summed E-state index contributed by atoms with van der Waals surface area (Å²) in [7, 11) is 0. The van der Waals surface area contributed by atoms with Gasteiger partial charge in [-0.3, -0.25) is 4.79 Å². The molecule has 4 rings (SSSR count). The Bertz CT molecular complexity index is 1030. The van der Waals surface area contributed by atoms with Crippen molar-refractivity contribution in [2.24, 2.45) is 0 Å². The number of rotatable bonds is 4. The lowest BCUT2D eigenvalue weighted by Gasteiger charge is -2.26. The number of nitrogens with one attached hydrogen (secondary N) is 1. The Kier molecular flexibility index (Phi) is 4.81. The average molecular weight is 366 g/mol. The van der Waals surface area contributed by atoms with Gasteiger partial charge >= 0.3 is 5.63 Å². The Hall–Kier alpha value is -2.86. The molecule has 6 heteroatoms. The van der Waals surface area contributed by atoms with Crippen LogP contribution in [0.1, 0.15) is 27.2 Å². The first-order chi connectivity index (χ1) is 13.1. The van der Waals surface area contributed by atoms with Crippen LogP contribution in [-0.4, -0.2) is 42.1 Å². The van der Waals surface area contributed by atoms with E-state index in [0.717, 1.165) is 11.9 Å². The van der Waals surface area contributed by atoms with Crippen molar-refractivity contribution in [2.75, 3.05) is 26.3 Å². The number of fused-ring (bicyclic) bond motifs is 1. The molecule has 1 fully saturated rings. The van der Waals surface area contributed by atoms with E-state index in [0.29, 0.717) is 44.0 Å². The number of aromatic amines is 1. The molecule has 1 aliphatic rings. The van der Waals surface area contributed by atoms with Crippen molar-refractivity contribution in [1.82, 2.24) is 9.88 Å². The molecule has 0 unspecified atom stereocenters. The third-order valence-corrected chi connectivity index (χ3v) is 5.03. The molecule has 1 saturated heterocycles. The van der Waals surface area contributed by atoms with E-state index in [9.17, 15) is 9.59 Å². The van der Waals surface area contributed by atoms with E-state index in [4.69, 9.17) is 9.15 Å². The van der Waals surface area contributed by atoms with E-state index >= 15 is 0 Å². The van der Waals surface area contributed by atoms with Gasteiger partial charge in [-0.05, 0) is 36.6 Å². The highest BCUT2D eigenvalue weighted by molar-refractivity contribution is 5.95. The third-order valence-electron chi connectivity index (χ3n) is 5.03. The lowest BCUT2D eigenvalue weighted by Crippen LogP contribution is -2.42. The third kappa shape index (κ3) is 3.53. The van der Waals surface area contributed by atoms with Crippen LogP contribution < -0.4 is 5.63 Å². The molecule has 2 aromatic heterocycles. The summed E-state index contributed by atoms with van der Waals surface area (Å²) in [5.74, 6) is 0.328. The molecule has 0 radical (unpaired) electrons. The fourth-order valence-corrected chi connectivity index (χ4v) is 3.57. The van der Waals surface area contributed by atoms with Crippen LogP contribution in [0.5, 0.6) is 0 Å². The number of aromatic nitrogens is 1. The Balaban J connectivity index is 1.53. The molecule has 0 atom stereocenters. The number of nitrogens with zero attached hydrogens (tertiary/aromatic N) is 1. The molecule has 1 amide bonds. The number of aryl methyl sites for hydroxylation is 3. The maximum atomic E-state index is 12.6. The number of benzene rings is 1. The van der Waals surface area contributed by atoms with Crippen LogP contribution in [0.25, 0.3) is 10.9 Å². The molecule has 27 heavy (non-hydrogen) atoms. The zero-order valence-corrected chi connectivity index (χ0v) is 15.3. The minimum Gasteiger partial charge on any atom is -0.427 e. The van der Waals surface area contributed by atoms with Crippen molar-refractivity contribution in [3.63, 3.8) is 0 Å². The van der Waals surface area contributed by atoms with Gasteiger partial charge in [0.05, 0.1) is 13.2 Å². The summed E-state index contributed by atoms with van der Waals surface area (Å²) in [6, 6.07) is 9.93. The summed E-state index contributed by atoms with van der Waals surface area (Å²) < 4.78 is 10.7. The van der Waals surface area contributed by atoms with Gasteiger partial charge in [-0.15, -0.1) is 0 Å². The van der Waals surface area contributed by atoms with Gasteiger partial charge in [-0.25, -0.2) is 4.79 Å². The molecule has 3 aromatic rings. The van der Waals surface area contributed by atoms with Crippen LogP contribution in [0, 0.1) is 6.92 Å². The Labute approximate surface area is 156 Å². The molecule has 140 valence electrons. The molecular formula is C21H22N2O4. The van der Waals surface area contributed by atoms with E-state index in [1.807, 2.05) is 30.5 Å². The van der Waals surface area contributed by atoms with Crippen LogP contribution >= 0.6 is 0 Å². The van der Waals surface area contributed by atoms with Gasteiger partial charge in [-0.2, -0.15) is 0 Å². The molecule has 0 bridgehead atoms. The first kappa shape index (κ1) is 17.5. The monoisotopic (exact) mass is 366 g/mol. The molecule has 1 aromatic carbocycles. The summed E-state index contributed by atoms with van der Waals surface area (Å²) in [4.78, 5) is 30.0. The number of para-hydroxylation sites is 1. The van der Waals surface area contributed by atoms with Gasteiger partial charge in [0.2, 0.25) is 0 Å². The second kappa shape index (κ2) is 7.40. The molecule has 3 heterocycles. The molecular weight excluding hydrogens is 344 g/mol. The maximum Gasteiger partial charge on any atom is 0.349 e. The zero-order valence-electron chi connectivity index (χ0n) is 15.3. The number of hydrogen-bond donors (Lipinski definition) is 1. The van der Waals surface area contributed by atoms with Crippen LogP contribution in [0.15, 0.2) is 45.7 Å². The van der Waals surface area contributed by atoms with E-state index < -0.39 is 5.63 Å². The predicted molar refractivity (Wildman–Crippen MR) is 102 cm³/mol. The van der Waals surface area contributed by atoms with Gasteiger partial charge in [0, 0.05) is 36.6 Å². The number of amides is 1. The topological polar surface area (TPSA) is 75.5 Å². The molecule has 0 spiro atoms. The first-order valence-electron chi connectivity index (χ1n) is 9.19. The lowest BCUT2D eigenvalue weighted by molar-refractivity contribution is 0.0299. The number of hydrogen-bond acceptors (Lipinski definition) is 4. The van der Waals surface area contributed by atoms with E-state index in [1.165, 1.54) is 10.9 Å². The fraction of sp³-hybridized carbons (Fsp3) is 0.333. The van der Waals surface area contributed by atoms with Crippen molar-refractivity contribution in [1.29, 1.82) is 0 Å². The molecule has 0 aliphatic carbocycles. The quantitative estimate of drug-likeness (QED) is 0.770. The van der Waals surface area contributed by atoms with Gasteiger partial charge in [0.1, 0.15) is 11.3 Å². The Morgan fingerprint density at radius 3 is 2.74 bits per heavy atom. The number of morpholine rings is 1. The highest BCUT2D eigenvalue weighted by Crippen LogP contribution is 2.20. The number of H-pyrrole nitrogens is 1. The van der Waals surface area contributed by atoms with Crippen molar-refractivity contribution in [2.45, 2.75) is 19.8 Å². The fourth-order valence-electron chi connectivity index (χ4n) is 3.57. The lowest BCUT2D eigenvalue weighted by atomic mass is 10.0. The van der Waals surface area contributed by atoms with Crippen molar-refractivity contribution in [3.8, 4) is 0 Å². The van der Waals surface area contributed by atoms with E-state index in [-0.39, 0.29) is 11.5 Å². The minimum atomic E-state index is -0.555. The summed E-state index contributed by atoms with van der Waals surface area (Å²) in [5.41, 5.74) is 2.51. The van der Waals surface area contributed by atoms with Crippen LogP contribution in [0.2, 0.25) is 0 Å². The maximum absolute atomic E-state index is 12.6. The molecule has 1 aliphatic heterocycles. The zero-order chi connectivity index (χ0) is 18.8. The second-order valence-electron chi connectivity index (χ2n) is 6.82. The largest absolute Gasteiger partial charge is 0.427 e. The van der Waals surface area contributed by atoms with Crippen LogP contribution in [0.3, 0.4) is 0 Å². The highest BCUT2D eigenvalue weighted by atomic mass is 16.5. The summed E-state index contributed by atoms with van der Waals surface area (Å²) in [5, 5.41) is 1.18. The van der Waals surface area contributed by atoms with Crippen molar-refractivity contribution in [3.05, 3.63) is 69.4 Å². The summed E-state index contributed by atoms with van der Waals surface area (Å²) in [6.45, 7) is 3.79. The smallest absolute Gasteiger partial charge is 0.349 e. The first-order valence-corrected chi connectivity index (χ1v) is 9.19. The standard InChI is InChI=1S/C21H22N2O4/c1-14-12-16(7-6-15-13-22-18-5-3-2-4-17(15)18)27-21(25)19(14)20(24)23-8-10-26-11-9-23/h2-5,12-13,22H,6-11H2,1H3. The minimum absolute atomic E-state index is 0.132. The highest BCUT2D eigenvalue weighted by Gasteiger charge is 2.24. The number of carbonyl (C=O) groups is 1. The summed E-state index contributed by atoms with van der Waals surface area (Å²) >= 11 is 0. The van der Waals surface area contributed by atoms with Crippen molar-refractivity contribution >= 4 is 16.8 Å². The second-order valence-corrected chi connectivity index (χ2v) is 6.82. The molecule has 1 N–H and O–H groups in total. The predicted octanol–water partition coefficient (Wildman–Crippen LogP) is 2.69. The average Bonchev–Trinajstić information content (AvgIpc) is 3.09. The van der Waals surface area contributed by atoms with E-state index in [1.54, 1.807) is 11.8 Å². The number of ether oxygens (including phenoxy) is 1. The van der Waals surface area contributed by atoms with Gasteiger partial charge in [0.15, 0.2) is 0 Å². The SMILES string of the molecule is Cc1cc(CCc2c[nH]c3ccccc23)oc(=O)c1C(=O)N1CCOCC1. The van der Waals surface area contributed by atoms with E-state index in [2.05, 4.69) is 11.1 Å². The summed E-state index contributed by atoms with van der Waals surface area (Å²) in [6.07, 6.45) is 3.35. The molecule has 6 nitrogen and oxygen atoms in total. The Morgan fingerprint density at radius 2 is 1.96 bits per heavy atom. The van der Waals surface area contributed by atoms with Gasteiger partial charge in [-0.1, -0.05) is 18.2 Å². The number of carbonyl (C=O) groups excluding carboxylic acids is 1. The van der Waals surface area contributed by atoms with Crippen molar-refractivity contribution < 1.29 is 13.9 Å². The van der Waals surface area contributed by atoms with Gasteiger partial charge in [0.25, 0.3) is 5.91 Å². The Morgan fingerprint density at radius 1 is 1.19 bits per heavy atom. The van der Waals surface area contributed by atoms with Crippen LogP contribution in [0.4, 0.5) is 0 Å². The van der Waals surface area contributed by atoms with Crippen LogP contribution in [-0.2, 0) is 17.6 Å². The van der Waals surface area contributed by atoms with Gasteiger partial charge < -0.3 is 19.0 Å². The normalized spacial score (nSPS) is 14.6.